The Morgan fingerprint density at radius 3 is 1.27 bits per heavy atom. The van der Waals surface area contributed by atoms with Gasteiger partial charge >= 0.3 is 44.7 Å². The van der Waals surface area contributed by atoms with Gasteiger partial charge in [0.25, 0.3) is 16.7 Å². The molecule has 62 nitrogen and oxygen atoms in total. The molecule has 0 spiro atoms. The number of H-pyrrole nitrogens is 5. The number of Topliss-reactive ketones (excluding diaryl/α,β-unsaturated/α-hetero) is 1. The van der Waals surface area contributed by atoms with E-state index in [0.29, 0.717) is 0 Å². The molecule has 6 unspecified atom stereocenters. The largest absolute Gasteiger partial charge is 0.472 e. The molecule has 0 aromatic carbocycles. The molecule has 30 atom stereocenters. The summed E-state index contributed by atoms with van der Waals surface area (Å²) in [7, 11) is -19.2. The van der Waals surface area contributed by atoms with Crippen LogP contribution in [0.15, 0.2) is 91.5 Å². The number of nitrogen functional groups attached to an aromatic ring is 3. The number of aromatic amines is 5. The fourth-order valence-corrected chi connectivity index (χ4v) is 23.0. The molecule has 136 heavy (non-hydrogen) atoms. The first-order chi connectivity index (χ1) is 64.5. The number of aliphatic hydroxyl groups is 3. The summed E-state index contributed by atoms with van der Waals surface area (Å²) in [5.74, 6) is -1.07. The molecule has 0 aliphatic carbocycles. The van der Waals surface area contributed by atoms with Crippen LogP contribution < -0.4 is 44.7 Å². The molecule has 21 rings (SSSR count). The smallest absolute Gasteiger partial charge is 0.387 e. The Bertz CT molecular complexity index is 7210. The first-order valence-electron chi connectivity index (χ1n) is 39.6. The van der Waals surface area contributed by atoms with E-state index in [9.17, 15) is 91.7 Å². The zero-order valence-electron chi connectivity index (χ0n) is 68.2. The standard InChI is InChI=1S/C22H26N8O14P2.C21H23FN8O13P2.C21H23FN8O11P2S2/c1-38-15-10-5-40-45(34,35)43-14-9(41-20(13(14)32)29-6-25-11-8(31)2-3-24-17(11)29)4-39-46(36,37)44-16(15)21(42-10)30-7-26-12-18(30)27-22(23)28-19(12)33;22-10-8-3-38-44(34,35)42-14-9(41-19(13(14)32)29-5-25-11-7(31)1-2-24-16(11)29)4-39-45(36,37)43-15(10)20(40-8)30-6-26-12-17(30)27-21(23)28-18(12)33;22-10-14-9(39-19(10)29-5-25-11-7(31)1-2-24-16(11)29)4-37-43(35,45)41-15-13(32)8(3-36-42(34,44)40-14)38-20(15)30-6-26-12-17(30)27-21(23)28-18(12)33/h2-3,6-7,9-10,13-16,20-21,32H,4-5H2,1H3,(H,24,31)(H,34,35)(H,36,37)(H3,23,27,28,33);1-2,5-6,8-10,13-15,19-20,32H,3-4H2,(H,24,31)(H,34,35)(H,36,37)(H3,23,27,28,33);2,5-6,8-10,13-15,19-20,32H,1,3-4H2,(H,34,44)(H,35,45)(H3,23,27,28,33)/t9-,10-,13-,14-,15-,16-,20-,21-;8-,9-,10-,13-,14-,15-,19-,20-;8-,9-,10+,13-,14-,15-,19-,20-,42?,43?/m111/s1. The zero-order valence-corrected chi connectivity index (χ0v) is 75.2. The van der Waals surface area contributed by atoms with E-state index in [2.05, 4.69) is 74.8 Å². The van der Waals surface area contributed by atoms with Crippen molar-refractivity contribution in [2.45, 2.75) is 154 Å². The molecule has 732 valence electrons. The first-order valence-corrected chi connectivity index (χ1v) is 50.8. The molecule has 0 radical (unpaired) electrons. The van der Waals surface area contributed by atoms with E-state index >= 15 is 8.78 Å². The summed E-state index contributed by atoms with van der Waals surface area (Å²) in [5, 5.41) is 33.4. The Morgan fingerprint density at radius 1 is 0.419 bits per heavy atom. The van der Waals surface area contributed by atoms with Crippen LogP contribution in [0, 0.1) is 0 Å². The lowest BCUT2D eigenvalue weighted by molar-refractivity contribution is -0.0674. The molecule has 9 saturated heterocycles. The highest BCUT2D eigenvalue weighted by atomic mass is 32.5. The molecular formula is C64H72F2N24O38P6S2. The number of nitrogens with two attached hydrogens (primary N) is 3. The summed E-state index contributed by atoms with van der Waals surface area (Å²) in [6.45, 7) is -13.1. The zero-order chi connectivity index (χ0) is 96.2. The molecule has 0 saturated carbocycles. The minimum absolute atomic E-state index is 0.00370. The molecule has 0 amide bonds. The van der Waals surface area contributed by atoms with E-state index in [1.54, 1.807) is 0 Å². The van der Waals surface area contributed by atoms with Crippen molar-refractivity contribution in [3.05, 3.63) is 120 Å². The SMILES string of the molecule is CO[C@H]1[C@H]2OP(=O)(O)OC[C@H]3O[C@@H](n4cnc5c(=O)cc[nH]c54)[C@H](O)[C@@H]3OP(=O)(O)OC[C@H]1O[C@H]2n1cnc2c(=O)[nH]c(N)nc21.Nc1nc2c(ncn2[C@@H]2O[C@@H]3COP(=O)(O)O[C@H]4[C@@H](O)[C@H](n5cnc6c(=O)cc[nH]c65)O[C@@H]4COP(=O)(O)O[C@@H]2[C@@H]3F)c(=O)[nH]1.Nc1nc2c(ncn2[C@@H]2O[C@@H]3COP(O)(=S)O[C@H]4[C@H](F)[C@H](n5cnc6c5N=CCC6=O)O[C@@H]4COP(O)(=S)O[C@@H]2[C@@H]3O)c(=O)[nH]1. The number of imidazole rings is 6. The number of anilines is 3. The van der Waals surface area contributed by atoms with Crippen LogP contribution in [-0.4, -0.2) is 311 Å². The third-order valence-corrected chi connectivity index (χ3v) is 29.5. The number of aliphatic hydroxyl groups excluding tert-OH is 3. The van der Waals surface area contributed by atoms with E-state index in [1.807, 2.05) is 0 Å². The highest BCUT2D eigenvalue weighted by Crippen LogP contribution is 2.59. The molecule has 21 heterocycles. The summed E-state index contributed by atoms with van der Waals surface area (Å²) >= 11 is 10.4. The van der Waals surface area contributed by atoms with Gasteiger partial charge in [-0.3, -0.25) is 116 Å². The van der Waals surface area contributed by atoms with Crippen molar-refractivity contribution in [3.8, 4) is 0 Å². The maximum Gasteiger partial charge on any atom is 0.472 e. The van der Waals surface area contributed by atoms with Gasteiger partial charge in [-0.15, -0.1) is 0 Å². The fourth-order valence-electron chi connectivity index (χ4n) is 16.4. The van der Waals surface area contributed by atoms with Gasteiger partial charge in [-0.2, -0.15) is 15.0 Å². The first kappa shape index (κ1) is 95.7. The molecule has 11 aromatic heterocycles. The van der Waals surface area contributed by atoms with Crippen LogP contribution in [0.4, 0.5) is 32.4 Å². The van der Waals surface area contributed by atoms with Gasteiger partial charge in [0.2, 0.25) is 28.7 Å². The van der Waals surface area contributed by atoms with Crippen LogP contribution in [0.1, 0.15) is 54.3 Å². The van der Waals surface area contributed by atoms with Crippen LogP contribution >= 0.6 is 44.7 Å². The molecule has 9 fully saturated rings. The van der Waals surface area contributed by atoms with E-state index in [0.717, 1.165) is 23.5 Å². The number of aromatic nitrogens is 20. The second-order valence-corrected chi connectivity index (χ2v) is 42.1. The van der Waals surface area contributed by atoms with Crippen LogP contribution in [0.2, 0.25) is 0 Å². The van der Waals surface area contributed by atoms with Crippen LogP contribution in [0.3, 0.4) is 0 Å². The Morgan fingerprint density at radius 2 is 0.787 bits per heavy atom. The second kappa shape index (κ2) is 36.5. The number of fused-ring (bicyclic) bond motifs is 15. The lowest BCUT2D eigenvalue weighted by atomic mass is 10.1. The Balaban J connectivity index is 0.000000131. The Labute approximate surface area is 760 Å². The number of phosphoric ester groups is 4. The number of hydrogen-bond acceptors (Lipinski definition) is 47. The molecule has 10 aliphatic rings. The van der Waals surface area contributed by atoms with Crippen molar-refractivity contribution < 1.29 is 164 Å². The third kappa shape index (κ3) is 18.4. The van der Waals surface area contributed by atoms with Crippen LogP contribution in [-0.2, 0) is 129 Å². The Kier molecular flexibility index (Phi) is 25.7. The van der Waals surface area contributed by atoms with Crippen molar-refractivity contribution in [2.75, 3.05) is 64.0 Å². The summed E-state index contributed by atoms with van der Waals surface area (Å²) < 4.78 is 196. The molecule has 10 aliphatic heterocycles. The topological polar surface area (TPSA) is 843 Å². The number of methoxy groups -OCH3 is 1. The number of hydrogen-bond donors (Lipinski definition) is 17. The number of nitrogens with one attached hydrogen (secondary N) is 5. The number of phosphoric acid groups is 4. The van der Waals surface area contributed by atoms with Gasteiger partial charge in [0, 0.05) is 44.3 Å². The number of ether oxygens (including phenoxy) is 7. The summed E-state index contributed by atoms with van der Waals surface area (Å²) in [6, 6.07) is 2.47. The molecule has 72 heteroatoms. The van der Waals surface area contributed by atoms with Gasteiger partial charge in [-0.1, -0.05) is 0 Å². The maximum absolute atomic E-state index is 16.0. The number of ketones is 1. The highest BCUT2D eigenvalue weighted by molar-refractivity contribution is 8.07. The lowest BCUT2D eigenvalue weighted by Crippen LogP contribution is -2.37. The number of pyridine rings is 2. The van der Waals surface area contributed by atoms with Crippen molar-refractivity contribution in [1.82, 2.24) is 97.2 Å². The number of alkyl halides is 2. The summed E-state index contributed by atoms with van der Waals surface area (Å²) in [4.78, 5) is 191. The molecule has 6 bridgehead atoms. The van der Waals surface area contributed by atoms with E-state index < -0.39 is 259 Å². The summed E-state index contributed by atoms with van der Waals surface area (Å²) in [5.41, 5.74) is 13.7. The molecule has 20 N–H and O–H groups in total. The van der Waals surface area contributed by atoms with Gasteiger partial charge in [0.1, 0.15) is 109 Å². The van der Waals surface area contributed by atoms with Gasteiger partial charge in [-0.25, -0.2) is 61.9 Å². The number of halogens is 2. The number of nitrogens with zero attached hydrogens (tertiary/aromatic N) is 16. The van der Waals surface area contributed by atoms with Crippen molar-refractivity contribution >= 4 is 160 Å². The van der Waals surface area contributed by atoms with E-state index in [4.69, 9.17) is 128 Å². The quantitative estimate of drug-likeness (QED) is 0.0717. The van der Waals surface area contributed by atoms with Crippen LogP contribution in [0.5, 0.6) is 0 Å². The van der Waals surface area contributed by atoms with Gasteiger partial charge in [0.05, 0.1) is 77.6 Å². The average molecular weight is 2070 g/mol. The number of carbonyl (C=O) groups is 1. The average Bonchev–Trinajstić information content (AvgIpc) is 1.62. The summed E-state index contributed by atoms with van der Waals surface area (Å²) in [6.07, 6.45) is -26.7. The highest BCUT2D eigenvalue weighted by Gasteiger charge is 2.60. The molecular weight excluding hydrogens is 2000 g/mol. The van der Waals surface area contributed by atoms with E-state index in [1.165, 1.54) is 79.7 Å². The van der Waals surface area contributed by atoms with Gasteiger partial charge in [0.15, 0.2) is 112 Å². The maximum atomic E-state index is 16.0. The monoisotopic (exact) mass is 2070 g/mol. The molecule has 11 aromatic rings. The van der Waals surface area contributed by atoms with Gasteiger partial charge in [-0.05, 0) is 23.6 Å². The van der Waals surface area contributed by atoms with Crippen molar-refractivity contribution in [3.63, 3.8) is 0 Å². The predicted octanol–water partition coefficient (Wildman–Crippen LogP) is -2.79. The predicted molar refractivity (Wildman–Crippen MR) is 447 cm³/mol. The normalized spacial score (nSPS) is 37.9. The third-order valence-electron chi connectivity index (χ3n) is 22.4. The lowest BCUT2D eigenvalue weighted by Gasteiger charge is -2.27. The van der Waals surface area contributed by atoms with E-state index in [-0.39, 0.29) is 97.4 Å². The fraction of sp³-hybridized carbons (Fsp3) is 0.500. The van der Waals surface area contributed by atoms with Crippen molar-refractivity contribution in [2.24, 2.45) is 4.99 Å². The minimum Gasteiger partial charge on any atom is -0.387 e. The van der Waals surface area contributed by atoms with Crippen LogP contribution in [0.25, 0.3) is 55.8 Å². The van der Waals surface area contributed by atoms with Crippen molar-refractivity contribution in [1.29, 1.82) is 0 Å². The number of carbonyl (C=O) groups excluding carboxylic acids is 1. The number of rotatable bonds is 7. The minimum atomic E-state index is -5.20. The Hall–Kier alpha value is -9.20. The second-order valence-electron chi connectivity index (χ2n) is 30.9. The number of aliphatic imine (C=N–C) groups is 1. The van der Waals surface area contributed by atoms with Gasteiger partial charge < -0.3 is 114 Å².